The van der Waals surface area contributed by atoms with Gasteiger partial charge in [0.05, 0.1) is 29.9 Å². The molecule has 4 atom stereocenters. The molecule has 0 radical (unpaired) electrons. The Kier molecular flexibility index (Phi) is 13.6. The van der Waals surface area contributed by atoms with Gasteiger partial charge in [0.2, 0.25) is 0 Å². The summed E-state index contributed by atoms with van der Waals surface area (Å²) in [5, 5.41) is 27.3. The summed E-state index contributed by atoms with van der Waals surface area (Å²) in [7, 11) is 0. The number of unbranched alkanes of at least 4 members (excludes halogenated alkanes) is 3. The monoisotopic (exact) mass is 654 g/mol. The summed E-state index contributed by atoms with van der Waals surface area (Å²) in [6.45, 7) is 5.19. The Bertz CT molecular complexity index is 1510. The van der Waals surface area contributed by atoms with Crippen molar-refractivity contribution in [2.45, 2.75) is 109 Å². The van der Waals surface area contributed by atoms with Gasteiger partial charge in [0, 0.05) is 38.7 Å². The highest BCUT2D eigenvalue weighted by Gasteiger charge is 2.35. The molecule has 8 heteroatoms. The first-order chi connectivity index (χ1) is 23.5. The predicted octanol–water partition coefficient (Wildman–Crippen LogP) is 6.61. The van der Waals surface area contributed by atoms with Gasteiger partial charge in [-0.1, -0.05) is 101 Å². The van der Waals surface area contributed by atoms with E-state index in [0.717, 1.165) is 62.6 Å². The molecule has 2 aliphatic rings. The Morgan fingerprint density at radius 3 is 2.46 bits per heavy atom. The molecule has 3 aromatic carbocycles. The van der Waals surface area contributed by atoms with Crippen LogP contribution in [-0.4, -0.2) is 43.5 Å². The highest BCUT2D eigenvalue weighted by Crippen LogP contribution is 2.36. The standard InChI is InChI=1S/C40H54N4O4/c1-2-3-4-11-23-48-40(32-15-9-6-10-16-32)33-17-12-22-44(28-33)37-36(38(46)39(37)47)43-34(24-29-13-7-5-8-14-29)35(45)27-42-26-31-20-18-30(25-41)19-21-31/h6,9-10,15-16,18-21,29,33-35,40,42-43,45H,2-5,7-8,11-14,17,22-24,26-28H2,1H3/t33?,34-,35+,40?/m0/s1. The molecular formula is C40H54N4O4. The Hall–Kier alpha value is -3.51. The molecular weight excluding hydrogens is 600 g/mol. The van der Waals surface area contributed by atoms with E-state index in [9.17, 15) is 14.7 Å². The topological polar surface area (TPSA) is 115 Å². The molecule has 2 unspecified atom stereocenters. The number of nitriles is 1. The Balaban J connectivity index is 1.28. The van der Waals surface area contributed by atoms with E-state index in [-0.39, 0.29) is 18.1 Å². The minimum Gasteiger partial charge on any atom is -0.390 e. The fourth-order valence-corrected chi connectivity index (χ4v) is 7.65. The molecule has 3 N–H and O–H groups in total. The largest absolute Gasteiger partial charge is 0.390 e. The molecule has 0 aromatic heterocycles. The predicted molar refractivity (Wildman–Crippen MR) is 193 cm³/mol. The van der Waals surface area contributed by atoms with E-state index in [1.807, 2.05) is 18.2 Å². The van der Waals surface area contributed by atoms with Gasteiger partial charge in [-0.15, -0.1) is 0 Å². The van der Waals surface area contributed by atoms with E-state index < -0.39 is 17.0 Å². The third-order valence-electron chi connectivity index (χ3n) is 10.4. The second kappa shape index (κ2) is 18.3. The summed E-state index contributed by atoms with van der Waals surface area (Å²) < 4.78 is 6.57. The molecule has 1 heterocycles. The number of aliphatic hydroxyl groups excluding tert-OH is 1. The zero-order valence-electron chi connectivity index (χ0n) is 28.7. The number of rotatable bonds is 18. The number of nitrogens with zero attached hydrogens (tertiary/aromatic N) is 2. The minimum absolute atomic E-state index is 0.0680. The first-order valence-electron chi connectivity index (χ1n) is 18.4. The van der Waals surface area contributed by atoms with Crippen molar-refractivity contribution in [3.8, 4) is 6.07 Å². The summed E-state index contributed by atoms with van der Waals surface area (Å²) in [6.07, 6.45) is 12.3. The van der Waals surface area contributed by atoms with Crippen molar-refractivity contribution < 1.29 is 9.84 Å². The maximum atomic E-state index is 13.2. The van der Waals surface area contributed by atoms with Gasteiger partial charge in [0.25, 0.3) is 10.9 Å². The lowest BCUT2D eigenvalue weighted by molar-refractivity contribution is 0.00400. The van der Waals surface area contributed by atoms with Crippen LogP contribution < -0.4 is 26.4 Å². The fraction of sp³-hybridized carbons (Fsp3) is 0.575. The van der Waals surface area contributed by atoms with Crippen LogP contribution in [0.5, 0.6) is 0 Å². The highest BCUT2D eigenvalue weighted by atomic mass is 16.5. The van der Waals surface area contributed by atoms with Crippen LogP contribution in [0.1, 0.15) is 107 Å². The number of anilines is 2. The molecule has 0 amide bonds. The van der Waals surface area contributed by atoms with Gasteiger partial charge >= 0.3 is 0 Å². The van der Waals surface area contributed by atoms with E-state index in [1.165, 1.54) is 32.1 Å². The molecule has 1 saturated carbocycles. The van der Waals surface area contributed by atoms with Gasteiger partial charge in [0.15, 0.2) is 0 Å². The number of nitrogens with one attached hydrogen (secondary N) is 2. The molecule has 0 bridgehead atoms. The number of hydrogen-bond acceptors (Lipinski definition) is 8. The summed E-state index contributed by atoms with van der Waals surface area (Å²) in [6, 6.07) is 19.6. The van der Waals surface area contributed by atoms with Crippen LogP contribution in [0.25, 0.3) is 0 Å². The van der Waals surface area contributed by atoms with Crippen molar-refractivity contribution in [2.24, 2.45) is 11.8 Å². The number of piperidine rings is 1. The van der Waals surface area contributed by atoms with Crippen molar-refractivity contribution in [2.75, 3.05) is 36.5 Å². The molecule has 1 saturated heterocycles. The zero-order valence-corrected chi connectivity index (χ0v) is 28.7. The Morgan fingerprint density at radius 1 is 0.958 bits per heavy atom. The maximum Gasteiger partial charge on any atom is 0.253 e. The molecule has 2 fully saturated rings. The number of hydrogen-bond donors (Lipinski definition) is 3. The first kappa shape index (κ1) is 35.8. The number of aliphatic hydroxyl groups is 1. The Morgan fingerprint density at radius 2 is 1.73 bits per heavy atom. The van der Waals surface area contributed by atoms with E-state index in [1.54, 1.807) is 12.1 Å². The fourth-order valence-electron chi connectivity index (χ4n) is 7.65. The van der Waals surface area contributed by atoms with Crippen LogP contribution in [0.2, 0.25) is 0 Å². The van der Waals surface area contributed by atoms with Crippen LogP contribution in [0.4, 0.5) is 11.4 Å². The van der Waals surface area contributed by atoms with Gasteiger partial charge in [0.1, 0.15) is 11.4 Å². The van der Waals surface area contributed by atoms with Crippen molar-refractivity contribution >= 4 is 11.4 Å². The van der Waals surface area contributed by atoms with Crippen LogP contribution >= 0.6 is 0 Å². The maximum absolute atomic E-state index is 13.2. The summed E-state index contributed by atoms with van der Waals surface area (Å²) >= 11 is 0. The number of benzene rings is 2. The van der Waals surface area contributed by atoms with E-state index in [4.69, 9.17) is 10.00 Å². The lowest BCUT2D eigenvalue weighted by Gasteiger charge is -2.40. The first-order valence-corrected chi connectivity index (χ1v) is 18.4. The molecule has 1 aliphatic carbocycles. The normalized spacial score (nSPS) is 19.1. The van der Waals surface area contributed by atoms with Gasteiger partial charge in [-0.05, 0) is 54.9 Å². The quantitative estimate of drug-likeness (QED) is 0.104. The lowest BCUT2D eigenvalue weighted by Crippen LogP contribution is -2.50. The molecule has 5 rings (SSSR count). The number of ether oxygens (including phenoxy) is 1. The van der Waals surface area contributed by atoms with E-state index in [2.05, 4.69) is 52.8 Å². The summed E-state index contributed by atoms with van der Waals surface area (Å²) in [4.78, 5) is 28.4. The van der Waals surface area contributed by atoms with E-state index >= 15 is 0 Å². The van der Waals surface area contributed by atoms with Gasteiger partial charge in [-0.2, -0.15) is 5.26 Å². The molecule has 1 aliphatic heterocycles. The van der Waals surface area contributed by atoms with Crippen LogP contribution in [0.15, 0.2) is 64.2 Å². The molecule has 258 valence electrons. The van der Waals surface area contributed by atoms with Crippen LogP contribution in [0.3, 0.4) is 0 Å². The van der Waals surface area contributed by atoms with Crippen molar-refractivity contribution in [1.82, 2.24) is 5.32 Å². The smallest absolute Gasteiger partial charge is 0.253 e. The SMILES string of the molecule is CCCCCCOC(c1ccccc1)C1CCCN(c2c(N[C@@H](CC3CCCCC3)[C@H](O)CNCc3ccc(C#N)cc3)c(=O)c2=O)C1. The molecule has 0 spiro atoms. The summed E-state index contributed by atoms with van der Waals surface area (Å²) in [5.74, 6) is 0.666. The second-order valence-corrected chi connectivity index (χ2v) is 14.0. The Labute approximate surface area is 286 Å². The third-order valence-corrected chi connectivity index (χ3v) is 10.4. The molecule has 3 aromatic rings. The van der Waals surface area contributed by atoms with Crippen molar-refractivity contribution in [3.05, 3.63) is 91.7 Å². The van der Waals surface area contributed by atoms with Crippen LogP contribution in [0, 0.1) is 23.2 Å². The zero-order chi connectivity index (χ0) is 33.7. The third kappa shape index (κ3) is 9.56. The van der Waals surface area contributed by atoms with Crippen LogP contribution in [-0.2, 0) is 11.3 Å². The average Bonchev–Trinajstić information content (AvgIpc) is 3.13. The van der Waals surface area contributed by atoms with Gasteiger partial charge in [-0.25, -0.2) is 0 Å². The van der Waals surface area contributed by atoms with Gasteiger partial charge in [-0.3, -0.25) is 9.59 Å². The van der Waals surface area contributed by atoms with Crippen molar-refractivity contribution in [1.29, 1.82) is 5.26 Å². The molecule has 48 heavy (non-hydrogen) atoms. The minimum atomic E-state index is -0.750. The summed E-state index contributed by atoms with van der Waals surface area (Å²) in [5.41, 5.74) is 2.73. The van der Waals surface area contributed by atoms with Gasteiger partial charge < -0.3 is 25.4 Å². The van der Waals surface area contributed by atoms with E-state index in [0.29, 0.717) is 49.1 Å². The average molecular weight is 655 g/mol. The molecule has 8 nitrogen and oxygen atoms in total. The van der Waals surface area contributed by atoms with Crippen molar-refractivity contribution in [3.63, 3.8) is 0 Å². The highest BCUT2D eigenvalue weighted by molar-refractivity contribution is 5.75. The second-order valence-electron chi connectivity index (χ2n) is 14.0. The lowest BCUT2D eigenvalue weighted by atomic mass is 9.83.